The highest BCUT2D eigenvalue weighted by Gasteiger charge is 2.23. The molecule has 0 spiro atoms. The molecular weight excluding hydrogens is 284 g/mol. The van der Waals surface area contributed by atoms with E-state index in [1.165, 1.54) is 11.3 Å². The maximum atomic E-state index is 11.6. The highest BCUT2D eigenvalue weighted by molar-refractivity contribution is 7.91. The first kappa shape index (κ1) is 14.7. The lowest BCUT2D eigenvalue weighted by Gasteiger charge is -2.18. The third-order valence-electron chi connectivity index (χ3n) is 3.23. The molecule has 1 aromatic heterocycles. The number of rotatable bonds is 3. The zero-order valence-corrected chi connectivity index (χ0v) is 12.9. The number of sulfone groups is 1. The summed E-state index contributed by atoms with van der Waals surface area (Å²) < 4.78 is 23.2. The van der Waals surface area contributed by atoms with Crippen LogP contribution in [0.15, 0.2) is 0 Å². The van der Waals surface area contributed by atoms with Crippen molar-refractivity contribution in [2.24, 2.45) is 0 Å². The minimum Gasteiger partial charge on any atom is -0.391 e. The lowest BCUT2D eigenvalue weighted by Crippen LogP contribution is -2.26. The van der Waals surface area contributed by atoms with Gasteiger partial charge in [-0.25, -0.2) is 13.4 Å². The van der Waals surface area contributed by atoms with E-state index in [1.54, 1.807) is 0 Å². The summed E-state index contributed by atoms with van der Waals surface area (Å²) in [6.07, 6.45) is 0.646. The van der Waals surface area contributed by atoms with E-state index in [0.29, 0.717) is 13.0 Å². The van der Waals surface area contributed by atoms with Crippen molar-refractivity contribution in [3.8, 4) is 0 Å². The molecule has 0 aromatic carbocycles. The number of hydrogen-bond acceptors (Lipinski definition) is 6. The molecule has 1 N–H and O–H groups in total. The summed E-state index contributed by atoms with van der Waals surface area (Å²) >= 11 is 1.47. The molecular formula is C12H20N2O3S2. The van der Waals surface area contributed by atoms with Gasteiger partial charge >= 0.3 is 0 Å². The third-order valence-corrected chi connectivity index (χ3v) is 6.06. The normalized spacial score (nSPS) is 19.7. The van der Waals surface area contributed by atoms with Crippen molar-refractivity contribution in [2.45, 2.75) is 32.8 Å². The molecule has 0 bridgehead atoms. The molecule has 1 fully saturated rings. The van der Waals surface area contributed by atoms with Crippen LogP contribution in [0.3, 0.4) is 0 Å². The van der Waals surface area contributed by atoms with Crippen LogP contribution in [0, 0.1) is 0 Å². The van der Waals surface area contributed by atoms with E-state index in [2.05, 4.69) is 4.98 Å². The molecule has 7 heteroatoms. The van der Waals surface area contributed by atoms with Crippen LogP contribution in [-0.2, 0) is 16.4 Å². The molecule has 19 heavy (non-hydrogen) atoms. The molecule has 1 aliphatic heterocycles. The van der Waals surface area contributed by atoms with Gasteiger partial charge in [0.2, 0.25) is 0 Å². The molecule has 0 saturated carbocycles. The standard InChI is InChI=1S/C12H20N2O3S2/c1-9(2)11-10(8-15)18-12(13-11)14-4-3-6-19(16,17)7-5-14/h9,15H,3-8H2,1-2H3. The van der Waals surface area contributed by atoms with Gasteiger partial charge in [-0.3, -0.25) is 0 Å². The van der Waals surface area contributed by atoms with Crippen LogP contribution in [0.4, 0.5) is 5.13 Å². The van der Waals surface area contributed by atoms with Crippen molar-refractivity contribution >= 4 is 26.3 Å². The molecule has 5 nitrogen and oxygen atoms in total. The Hall–Kier alpha value is -0.660. The molecule has 0 aliphatic carbocycles. The van der Waals surface area contributed by atoms with Gasteiger partial charge in [-0.15, -0.1) is 0 Å². The maximum Gasteiger partial charge on any atom is 0.185 e. The minimum atomic E-state index is -2.90. The predicted molar refractivity (Wildman–Crippen MR) is 77.6 cm³/mol. The Bertz CT molecular complexity index is 537. The molecule has 1 saturated heterocycles. The number of hydrogen-bond donors (Lipinski definition) is 1. The summed E-state index contributed by atoms with van der Waals surface area (Å²) in [4.78, 5) is 7.50. The fourth-order valence-corrected chi connectivity index (χ4v) is 4.58. The number of nitrogens with zero attached hydrogens (tertiary/aromatic N) is 2. The van der Waals surface area contributed by atoms with E-state index in [9.17, 15) is 13.5 Å². The van der Waals surface area contributed by atoms with E-state index in [-0.39, 0.29) is 24.0 Å². The Labute approximate surface area is 118 Å². The quantitative estimate of drug-likeness (QED) is 0.913. The third kappa shape index (κ3) is 3.46. The predicted octanol–water partition coefficient (Wildman–Crippen LogP) is 1.38. The highest BCUT2D eigenvalue weighted by atomic mass is 32.2. The van der Waals surface area contributed by atoms with E-state index in [1.807, 2.05) is 18.7 Å². The Kier molecular flexibility index (Phi) is 4.47. The van der Waals surface area contributed by atoms with E-state index in [0.717, 1.165) is 22.2 Å². The summed E-state index contributed by atoms with van der Waals surface area (Å²) in [5.74, 6) is 0.722. The van der Waals surface area contributed by atoms with Crippen LogP contribution >= 0.6 is 11.3 Å². The number of aliphatic hydroxyl groups is 1. The van der Waals surface area contributed by atoms with Crippen molar-refractivity contribution in [1.82, 2.24) is 4.98 Å². The molecule has 0 atom stereocenters. The average molecular weight is 304 g/mol. The zero-order chi connectivity index (χ0) is 14.0. The monoisotopic (exact) mass is 304 g/mol. The Morgan fingerprint density at radius 1 is 1.37 bits per heavy atom. The van der Waals surface area contributed by atoms with Crippen LogP contribution in [0.1, 0.15) is 36.8 Å². The van der Waals surface area contributed by atoms with Gasteiger partial charge in [0.05, 0.1) is 28.7 Å². The number of thiazole rings is 1. The van der Waals surface area contributed by atoms with Gasteiger partial charge in [0.1, 0.15) is 0 Å². The SMILES string of the molecule is CC(C)c1nc(N2CCCS(=O)(=O)CC2)sc1CO. The highest BCUT2D eigenvalue weighted by Crippen LogP contribution is 2.31. The van der Waals surface area contributed by atoms with Crippen LogP contribution in [0.25, 0.3) is 0 Å². The minimum absolute atomic E-state index is 0.00266. The first-order chi connectivity index (χ1) is 8.93. The first-order valence-electron chi connectivity index (χ1n) is 6.49. The number of aromatic nitrogens is 1. The fraction of sp³-hybridized carbons (Fsp3) is 0.750. The molecule has 1 aliphatic rings. The second-order valence-electron chi connectivity index (χ2n) is 5.11. The molecule has 2 heterocycles. The van der Waals surface area contributed by atoms with Crippen molar-refractivity contribution in [2.75, 3.05) is 29.5 Å². The van der Waals surface area contributed by atoms with Gasteiger partial charge in [-0.2, -0.15) is 0 Å². The maximum absolute atomic E-state index is 11.6. The van der Waals surface area contributed by atoms with Crippen molar-refractivity contribution in [1.29, 1.82) is 0 Å². The average Bonchev–Trinajstić information content (AvgIpc) is 2.69. The second-order valence-corrected chi connectivity index (χ2v) is 8.48. The molecule has 0 unspecified atom stereocenters. The molecule has 0 radical (unpaired) electrons. The summed E-state index contributed by atoms with van der Waals surface area (Å²) in [6.45, 7) is 5.31. The Morgan fingerprint density at radius 3 is 2.68 bits per heavy atom. The fourth-order valence-electron chi connectivity index (χ4n) is 2.18. The van der Waals surface area contributed by atoms with Gasteiger partial charge in [-0.1, -0.05) is 25.2 Å². The van der Waals surface area contributed by atoms with Crippen molar-refractivity contribution in [3.05, 3.63) is 10.6 Å². The largest absolute Gasteiger partial charge is 0.391 e. The van der Waals surface area contributed by atoms with Crippen LogP contribution in [-0.4, -0.2) is 43.1 Å². The zero-order valence-electron chi connectivity index (χ0n) is 11.3. The smallest absolute Gasteiger partial charge is 0.185 e. The summed E-state index contributed by atoms with van der Waals surface area (Å²) in [5, 5.41) is 10.2. The molecule has 108 valence electrons. The van der Waals surface area contributed by atoms with E-state index >= 15 is 0 Å². The molecule has 0 amide bonds. The number of anilines is 1. The van der Waals surface area contributed by atoms with E-state index < -0.39 is 9.84 Å². The molecule has 1 aromatic rings. The Balaban J connectivity index is 2.22. The van der Waals surface area contributed by atoms with Crippen LogP contribution < -0.4 is 4.90 Å². The number of aliphatic hydroxyl groups excluding tert-OH is 1. The van der Waals surface area contributed by atoms with Crippen LogP contribution in [0.2, 0.25) is 0 Å². The topological polar surface area (TPSA) is 70.5 Å². The molecule has 2 rings (SSSR count). The van der Waals surface area contributed by atoms with Crippen molar-refractivity contribution < 1.29 is 13.5 Å². The first-order valence-corrected chi connectivity index (χ1v) is 9.12. The second kappa shape index (κ2) is 5.76. The lowest BCUT2D eigenvalue weighted by atomic mass is 10.1. The summed E-state index contributed by atoms with van der Waals surface area (Å²) in [6, 6.07) is 0. The van der Waals surface area contributed by atoms with Gasteiger partial charge in [0.25, 0.3) is 0 Å². The van der Waals surface area contributed by atoms with Crippen molar-refractivity contribution in [3.63, 3.8) is 0 Å². The van der Waals surface area contributed by atoms with Gasteiger partial charge < -0.3 is 10.0 Å². The van der Waals surface area contributed by atoms with E-state index in [4.69, 9.17) is 0 Å². The van der Waals surface area contributed by atoms with Gasteiger partial charge in [0, 0.05) is 13.1 Å². The summed E-state index contributed by atoms with van der Waals surface area (Å²) in [5.41, 5.74) is 0.926. The van der Waals surface area contributed by atoms with Gasteiger partial charge in [0.15, 0.2) is 15.0 Å². The van der Waals surface area contributed by atoms with Gasteiger partial charge in [-0.05, 0) is 12.3 Å². The lowest BCUT2D eigenvalue weighted by molar-refractivity contribution is 0.283. The Morgan fingerprint density at radius 2 is 2.11 bits per heavy atom. The van der Waals surface area contributed by atoms with Crippen LogP contribution in [0.5, 0.6) is 0 Å². The summed E-state index contributed by atoms with van der Waals surface area (Å²) in [7, 11) is -2.90.